The smallest absolute Gasteiger partial charge is 0.358 e. The first-order chi connectivity index (χ1) is 9.40. The average Bonchev–Trinajstić information content (AvgIpc) is 2.75. The van der Waals surface area contributed by atoms with Crippen molar-refractivity contribution < 1.29 is 19.8 Å². The molecule has 2 rings (SSSR count). The number of anilines is 1. The van der Waals surface area contributed by atoms with Gasteiger partial charge in [-0.15, -0.1) is 5.10 Å². The monoisotopic (exact) mass is 276 g/mol. The van der Waals surface area contributed by atoms with Crippen LogP contribution in [-0.2, 0) is 11.3 Å². The van der Waals surface area contributed by atoms with Gasteiger partial charge in [0.1, 0.15) is 12.2 Å². The van der Waals surface area contributed by atoms with Crippen molar-refractivity contribution in [1.82, 2.24) is 15.0 Å². The summed E-state index contributed by atoms with van der Waals surface area (Å²) in [6.45, 7) is 1.33. The molecule has 0 fully saturated rings. The van der Waals surface area contributed by atoms with Crippen LogP contribution in [0, 0.1) is 6.92 Å². The standard InChI is InChI=1S/C12H12N4O4/c1-6-2-3-7(4-8(6)13)11-10(12(19)20)14-15-16(11)5-9(17)18/h2-4H,5,13H2,1H3,(H,17,18)(H,19,20). The summed E-state index contributed by atoms with van der Waals surface area (Å²) in [4.78, 5) is 21.9. The van der Waals surface area contributed by atoms with Gasteiger partial charge in [0, 0.05) is 11.3 Å². The molecule has 0 amide bonds. The lowest BCUT2D eigenvalue weighted by Crippen LogP contribution is -2.12. The molecule has 0 aliphatic rings. The number of hydrogen-bond acceptors (Lipinski definition) is 5. The molecule has 0 radical (unpaired) electrons. The Hall–Kier alpha value is -2.90. The van der Waals surface area contributed by atoms with Crippen molar-refractivity contribution in [3.8, 4) is 11.3 Å². The minimum absolute atomic E-state index is 0.117. The summed E-state index contributed by atoms with van der Waals surface area (Å²) >= 11 is 0. The van der Waals surface area contributed by atoms with E-state index in [-0.39, 0.29) is 11.4 Å². The van der Waals surface area contributed by atoms with Crippen LogP contribution in [0.5, 0.6) is 0 Å². The van der Waals surface area contributed by atoms with Gasteiger partial charge in [-0.25, -0.2) is 9.48 Å². The maximum absolute atomic E-state index is 11.2. The SMILES string of the molecule is Cc1ccc(-c2c(C(=O)O)nnn2CC(=O)O)cc1N. The normalized spacial score (nSPS) is 10.4. The molecule has 104 valence electrons. The summed E-state index contributed by atoms with van der Waals surface area (Å²) in [6, 6.07) is 4.93. The second-order valence-corrected chi connectivity index (χ2v) is 4.21. The van der Waals surface area contributed by atoms with Crippen molar-refractivity contribution >= 4 is 17.6 Å². The highest BCUT2D eigenvalue weighted by Crippen LogP contribution is 2.26. The van der Waals surface area contributed by atoms with Crippen molar-refractivity contribution in [3.05, 3.63) is 29.5 Å². The minimum Gasteiger partial charge on any atom is -0.480 e. The van der Waals surface area contributed by atoms with E-state index < -0.39 is 18.5 Å². The third-order valence-electron chi connectivity index (χ3n) is 2.78. The maximum Gasteiger partial charge on any atom is 0.358 e. The van der Waals surface area contributed by atoms with E-state index in [2.05, 4.69) is 10.3 Å². The summed E-state index contributed by atoms with van der Waals surface area (Å²) in [7, 11) is 0. The Bertz CT molecular complexity index is 693. The van der Waals surface area contributed by atoms with Gasteiger partial charge in [0.15, 0.2) is 5.69 Å². The van der Waals surface area contributed by atoms with Gasteiger partial charge in [-0.2, -0.15) is 0 Å². The molecular weight excluding hydrogens is 264 g/mol. The molecule has 0 unspecified atom stereocenters. The van der Waals surface area contributed by atoms with Gasteiger partial charge in [0.05, 0.1) is 0 Å². The van der Waals surface area contributed by atoms with Gasteiger partial charge in [-0.05, 0) is 18.6 Å². The second-order valence-electron chi connectivity index (χ2n) is 4.21. The Morgan fingerprint density at radius 2 is 2.05 bits per heavy atom. The van der Waals surface area contributed by atoms with Crippen LogP contribution in [-0.4, -0.2) is 37.1 Å². The lowest BCUT2D eigenvalue weighted by Gasteiger charge is -2.07. The quantitative estimate of drug-likeness (QED) is 0.697. The molecule has 1 heterocycles. The van der Waals surface area contributed by atoms with Crippen LogP contribution in [0.3, 0.4) is 0 Å². The van der Waals surface area contributed by atoms with Gasteiger partial charge >= 0.3 is 11.9 Å². The summed E-state index contributed by atoms with van der Waals surface area (Å²) in [5.74, 6) is -2.43. The van der Waals surface area contributed by atoms with E-state index in [1.807, 2.05) is 6.92 Å². The number of rotatable bonds is 4. The largest absolute Gasteiger partial charge is 0.480 e. The maximum atomic E-state index is 11.2. The second kappa shape index (κ2) is 5.00. The Morgan fingerprint density at radius 3 is 2.60 bits per heavy atom. The summed E-state index contributed by atoms with van der Waals surface area (Å²) in [5, 5.41) is 25.0. The van der Waals surface area contributed by atoms with Crippen molar-refractivity contribution in [2.24, 2.45) is 0 Å². The average molecular weight is 276 g/mol. The van der Waals surface area contributed by atoms with Crippen LogP contribution in [0.15, 0.2) is 18.2 Å². The highest BCUT2D eigenvalue weighted by molar-refractivity contribution is 5.93. The molecule has 8 heteroatoms. The number of aromatic carboxylic acids is 1. The van der Waals surface area contributed by atoms with Crippen molar-refractivity contribution in [3.63, 3.8) is 0 Å². The summed E-state index contributed by atoms with van der Waals surface area (Å²) in [6.07, 6.45) is 0. The van der Waals surface area contributed by atoms with Crippen LogP contribution in [0.25, 0.3) is 11.3 Å². The first-order valence-electron chi connectivity index (χ1n) is 5.65. The summed E-state index contributed by atoms with van der Waals surface area (Å²) in [5.41, 5.74) is 7.36. The molecule has 0 aliphatic carbocycles. The Kier molecular flexibility index (Phi) is 3.38. The van der Waals surface area contributed by atoms with Crippen LogP contribution in [0.4, 0.5) is 5.69 Å². The molecule has 0 saturated heterocycles. The predicted molar refractivity (Wildman–Crippen MR) is 69.2 cm³/mol. The molecule has 0 spiro atoms. The molecule has 4 N–H and O–H groups in total. The lowest BCUT2D eigenvalue weighted by atomic mass is 10.1. The molecule has 8 nitrogen and oxygen atoms in total. The molecule has 1 aromatic carbocycles. The molecule has 0 saturated carbocycles. The fraction of sp³-hybridized carbons (Fsp3) is 0.167. The van der Waals surface area contributed by atoms with Crippen molar-refractivity contribution in [2.45, 2.75) is 13.5 Å². The number of nitrogen functional groups attached to an aromatic ring is 1. The number of aliphatic carboxylic acids is 1. The van der Waals surface area contributed by atoms with E-state index in [4.69, 9.17) is 15.9 Å². The number of aromatic nitrogens is 3. The number of carboxylic acid groups (broad SMARTS) is 2. The van der Waals surface area contributed by atoms with E-state index in [1.54, 1.807) is 18.2 Å². The topological polar surface area (TPSA) is 131 Å². The van der Waals surface area contributed by atoms with E-state index in [1.165, 1.54) is 0 Å². The number of carbonyl (C=O) groups is 2. The minimum atomic E-state index is -1.28. The first-order valence-corrected chi connectivity index (χ1v) is 5.65. The van der Waals surface area contributed by atoms with Crippen LogP contribution in [0.2, 0.25) is 0 Å². The van der Waals surface area contributed by atoms with E-state index in [0.717, 1.165) is 10.2 Å². The molecular formula is C12H12N4O4. The van der Waals surface area contributed by atoms with E-state index in [0.29, 0.717) is 11.3 Å². The van der Waals surface area contributed by atoms with Crippen molar-refractivity contribution in [2.75, 3.05) is 5.73 Å². The predicted octanol–water partition coefficient (Wildman–Crippen LogP) is 0.619. The zero-order valence-electron chi connectivity index (χ0n) is 10.6. The van der Waals surface area contributed by atoms with Gasteiger partial charge < -0.3 is 15.9 Å². The Morgan fingerprint density at radius 1 is 1.35 bits per heavy atom. The fourth-order valence-electron chi connectivity index (χ4n) is 1.77. The Balaban J connectivity index is 2.62. The molecule has 20 heavy (non-hydrogen) atoms. The van der Waals surface area contributed by atoms with Crippen LogP contribution in [0.1, 0.15) is 16.1 Å². The lowest BCUT2D eigenvalue weighted by molar-refractivity contribution is -0.137. The van der Waals surface area contributed by atoms with Crippen molar-refractivity contribution in [1.29, 1.82) is 0 Å². The van der Waals surface area contributed by atoms with Crippen LogP contribution < -0.4 is 5.73 Å². The zero-order chi connectivity index (χ0) is 14.9. The van der Waals surface area contributed by atoms with Crippen LogP contribution >= 0.6 is 0 Å². The van der Waals surface area contributed by atoms with E-state index >= 15 is 0 Å². The molecule has 2 aromatic rings. The molecule has 0 atom stereocenters. The van der Waals surface area contributed by atoms with Gasteiger partial charge in [0.2, 0.25) is 0 Å². The molecule has 0 bridgehead atoms. The zero-order valence-corrected chi connectivity index (χ0v) is 10.6. The van der Waals surface area contributed by atoms with Gasteiger partial charge in [-0.3, -0.25) is 4.79 Å². The molecule has 1 aromatic heterocycles. The van der Waals surface area contributed by atoms with Gasteiger partial charge in [0.25, 0.3) is 0 Å². The number of carboxylic acids is 2. The van der Waals surface area contributed by atoms with Gasteiger partial charge in [-0.1, -0.05) is 17.3 Å². The number of aryl methyl sites for hydroxylation is 1. The number of nitrogens with two attached hydrogens (primary N) is 1. The third kappa shape index (κ3) is 2.44. The number of hydrogen-bond donors (Lipinski definition) is 3. The Labute approximate surface area is 113 Å². The van der Waals surface area contributed by atoms with E-state index in [9.17, 15) is 9.59 Å². The number of benzene rings is 1. The highest BCUT2D eigenvalue weighted by atomic mass is 16.4. The third-order valence-corrected chi connectivity index (χ3v) is 2.78. The highest BCUT2D eigenvalue weighted by Gasteiger charge is 2.22. The fourth-order valence-corrected chi connectivity index (χ4v) is 1.77. The summed E-state index contributed by atoms with van der Waals surface area (Å²) < 4.78 is 1.02. The number of nitrogens with zero attached hydrogens (tertiary/aromatic N) is 3. The first kappa shape index (κ1) is 13.5. The molecule has 0 aliphatic heterocycles.